The maximum absolute atomic E-state index is 14.8. The van der Waals surface area contributed by atoms with E-state index in [1.807, 2.05) is 0 Å². The second-order valence-corrected chi connectivity index (χ2v) is 9.60. The van der Waals surface area contributed by atoms with E-state index in [2.05, 4.69) is 32.0 Å². The third kappa shape index (κ3) is 6.88. The Labute approximate surface area is 232 Å². The lowest BCUT2D eigenvalue weighted by molar-refractivity contribution is 0.116. The zero-order valence-electron chi connectivity index (χ0n) is 22.4. The van der Waals surface area contributed by atoms with Gasteiger partial charge in [-0.05, 0) is 48.9 Å². The largest absolute Gasteiger partial charge is 0.489 e. The molecule has 2 N–H and O–H groups in total. The van der Waals surface area contributed by atoms with Crippen molar-refractivity contribution >= 4 is 23.5 Å². The van der Waals surface area contributed by atoms with Gasteiger partial charge in [-0.1, -0.05) is 13.0 Å². The van der Waals surface area contributed by atoms with Crippen LogP contribution >= 0.6 is 0 Å². The van der Waals surface area contributed by atoms with Gasteiger partial charge in [0.2, 0.25) is 12.7 Å². The van der Waals surface area contributed by atoms with Gasteiger partial charge in [0.15, 0.2) is 23.1 Å². The predicted molar refractivity (Wildman–Crippen MR) is 147 cm³/mol. The van der Waals surface area contributed by atoms with Gasteiger partial charge in [0.1, 0.15) is 12.4 Å². The van der Waals surface area contributed by atoms with Crippen molar-refractivity contribution in [1.82, 2.24) is 19.8 Å². The van der Waals surface area contributed by atoms with Crippen molar-refractivity contribution in [3.05, 3.63) is 60.0 Å². The molecule has 0 spiro atoms. The molecule has 1 fully saturated rings. The lowest BCUT2D eigenvalue weighted by Crippen LogP contribution is -2.47. The molecular formula is C28H33FN6O5. The summed E-state index contributed by atoms with van der Waals surface area (Å²) in [4.78, 5) is 26.4. The average molecular weight is 553 g/mol. The molecular weight excluding hydrogens is 519 g/mol. The number of anilines is 3. The van der Waals surface area contributed by atoms with Gasteiger partial charge in [-0.25, -0.2) is 14.2 Å². The maximum Gasteiger partial charge on any atom is 0.413 e. The number of piperazine rings is 1. The molecule has 0 saturated carbocycles. The molecule has 0 aliphatic carbocycles. The lowest BCUT2D eigenvalue weighted by Gasteiger charge is -2.34. The molecule has 2 aromatic carbocycles. The quantitative estimate of drug-likeness (QED) is 0.359. The summed E-state index contributed by atoms with van der Waals surface area (Å²) in [5.41, 5.74) is 1.11. The molecule has 12 heteroatoms. The summed E-state index contributed by atoms with van der Waals surface area (Å²) in [6, 6.07) is 11.3. The van der Waals surface area contributed by atoms with Gasteiger partial charge in [-0.2, -0.15) is 4.98 Å². The Hall–Kier alpha value is -4.16. The van der Waals surface area contributed by atoms with Crippen LogP contribution in [0, 0.1) is 5.82 Å². The molecule has 0 unspecified atom stereocenters. The minimum absolute atomic E-state index is 0.0392. The highest BCUT2D eigenvalue weighted by atomic mass is 19.1. The van der Waals surface area contributed by atoms with Gasteiger partial charge in [-0.15, -0.1) is 0 Å². The zero-order chi connectivity index (χ0) is 27.9. The van der Waals surface area contributed by atoms with Gasteiger partial charge in [-0.3, -0.25) is 9.80 Å². The van der Waals surface area contributed by atoms with Crippen LogP contribution in [0.3, 0.4) is 0 Å². The fourth-order valence-corrected chi connectivity index (χ4v) is 4.69. The first kappa shape index (κ1) is 27.4. The van der Waals surface area contributed by atoms with Crippen molar-refractivity contribution < 1.29 is 28.5 Å². The van der Waals surface area contributed by atoms with Gasteiger partial charge >= 0.3 is 6.09 Å². The van der Waals surface area contributed by atoms with E-state index in [1.165, 1.54) is 18.3 Å². The molecule has 2 aliphatic rings. The van der Waals surface area contributed by atoms with Crippen LogP contribution < -0.4 is 24.4 Å². The normalized spacial score (nSPS) is 15.2. The Morgan fingerprint density at radius 2 is 1.85 bits per heavy atom. The number of carbonyl (C=O) groups is 1. The van der Waals surface area contributed by atoms with Crippen molar-refractivity contribution in [2.24, 2.45) is 0 Å². The van der Waals surface area contributed by atoms with Crippen LogP contribution in [0.2, 0.25) is 0 Å². The predicted octanol–water partition coefficient (Wildman–Crippen LogP) is 4.18. The van der Waals surface area contributed by atoms with E-state index in [4.69, 9.17) is 14.2 Å². The summed E-state index contributed by atoms with van der Waals surface area (Å²) in [5.74, 6) is 1.13. The van der Waals surface area contributed by atoms with Crippen LogP contribution in [0.5, 0.6) is 17.2 Å². The Morgan fingerprint density at radius 1 is 1.07 bits per heavy atom. The van der Waals surface area contributed by atoms with Crippen molar-refractivity contribution in [2.75, 3.05) is 62.9 Å². The summed E-state index contributed by atoms with van der Waals surface area (Å²) in [7, 11) is 0. The molecule has 0 atom stereocenters. The highest BCUT2D eigenvalue weighted by Gasteiger charge is 2.20. The molecule has 3 aromatic rings. The second-order valence-electron chi connectivity index (χ2n) is 9.60. The molecule has 3 heterocycles. The molecule has 11 nitrogen and oxygen atoms in total. The Kier molecular flexibility index (Phi) is 8.77. The number of benzene rings is 2. The van der Waals surface area contributed by atoms with E-state index < -0.39 is 11.9 Å². The summed E-state index contributed by atoms with van der Waals surface area (Å²) in [6.45, 7) is 8.71. The monoisotopic (exact) mass is 552 g/mol. The molecule has 2 aliphatic heterocycles. The highest BCUT2D eigenvalue weighted by molar-refractivity contribution is 5.84. The lowest BCUT2D eigenvalue weighted by atomic mass is 10.2. The minimum atomic E-state index is -1.18. The smallest absolute Gasteiger partial charge is 0.413 e. The van der Waals surface area contributed by atoms with E-state index >= 15 is 0 Å². The summed E-state index contributed by atoms with van der Waals surface area (Å²) >= 11 is 0. The van der Waals surface area contributed by atoms with E-state index in [9.17, 15) is 14.3 Å². The van der Waals surface area contributed by atoms with Gasteiger partial charge in [0.25, 0.3) is 0 Å². The fourth-order valence-electron chi connectivity index (χ4n) is 4.69. The van der Waals surface area contributed by atoms with Crippen LogP contribution in [0.1, 0.15) is 18.9 Å². The number of hydrogen-bond donors (Lipinski definition) is 2. The Balaban J connectivity index is 1.17. The number of carboxylic acid groups (broad SMARTS) is 1. The first-order valence-corrected chi connectivity index (χ1v) is 13.3. The number of hydrogen-bond acceptors (Lipinski definition) is 9. The van der Waals surface area contributed by atoms with E-state index in [0.717, 1.165) is 50.6 Å². The summed E-state index contributed by atoms with van der Waals surface area (Å²) in [5, 5.41) is 12.8. The molecule has 0 radical (unpaired) electrons. The first-order chi connectivity index (χ1) is 19.5. The van der Waals surface area contributed by atoms with Crippen LogP contribution in [0.25, 0.3) is 0 Å². The number of aromatic nitrogens is 2. The number of nitrogens with one attached hydrogen (secondary N) is 1. The van der Waals surface area contributed by atoms with E-state index in [1.54, 1.807) is 30.3 Å². The molecule has 0 bridgehead atoms. The maximum atomic E-state index is 14.8. The molecule has 212 valence electrons. The van der Waals surface area contributed by atoms with Crippen LogP contribution in [0.4, 0.5) is 26.6 Å². The van der Waals surface area contributed by atoms with Crippen LogP contribution in [0.15, 0.2) is 48.7 Å². The number of fused-ring (bicyclic) bond motifs is 1. The minimum Gasteiger partial charge on any atom is -0.489 e. The van der Waals surface area contributed by atoms with Crippen molar-refractivity contribution in [3.8, 4) is 17.2 Å². The third-order valence-corrected chi connectivity index (χ3v) is 6.78. The summed E-state index contributed by atoms with van der Waals surface area (Å²) < 4.78 is 31.2. The average Bonchev–Trinajstić information content (AvgIpc) is 3.42. The number of rotatable bonds is 11. The van der Waals surface area contributed by atoms with Gasteiger partial charge < -0.3 is 29.5 Å². The second kappa shape index (κ2) is 12.8. The summed E-state index contributed by atoms with van der Waals surface area (Å²) in [6.07, 6.45) is 1.42. The van der Waals surface area contributed by atoms with Crippen LogP contribution in [-0.2, 0) is 6.54 Å². The molecule has 1 amide bonds. The van der Waals surface area contributed by atoms with Crippen molar-refractivity contribution in [2.45, 2.75) is 19.9 Å². The fraction of sp³-hybridized carbons (Fsp3) is 0.393. The SMILES string of the molecule is CCCN1CCN(CCOc2ccc(Nc3nccc(N(Cc4ccc5c(c4)OCO5)C(=O)O)n3)cc2F)CC1. The number of amides is 1. The number of nitrogens with zero attached hydrogens (tertiary/aromatic N) is 5. The van der Waals surface area contributed by atoms with E-state index in [-0.39, 0.29) is 30.9 Å². The molecule has 5 rings (SSSR count). The molecule has 1 aromatic heterocycles. The van der Waals surface area contributed by atoms with Crippen molar-refractivity contribution in [1.29, 1.82) is 0 Å². The van der Waals surface area contributed by atoms with E-state index in [0.29, 0.717) is 29.4 Å². The molecule has 1 saturated heterocycles. The van der Waals surface area contributed by atoms with Crippen LogP contribution in [-0.4, -0.2) is 83.6 Å². The Bertz CT molecular complexity index is 1320. The molecule has 40 heavy (non-hydrogen) atoms. The number of halogens is 1. The van der Waals surface area contributed by atoms with Crippen molar-refractivity contribution in [3.63, 3.8) is 0 Å². The topological polar surface area (TPSA) is 113 Å². The first-order valence-electron chi connectivity index (χ1n) is 13.3. The standard InChI is InChI=1S/C28H33FN6O5/c1-2-9-33-10-12-34(13-11-33)14-15-38-23-6-4-21(17-22(23)29)31-27-30-8-7-26(32-27)35(28(36)37)18-20-3-5-24-25(16-20)40-19-39-24/h3-8,16-17H,2,9-15,18-19H2,1H3,(H,36,37)(H,30,31,32). The zero-order valence-corrected chi connectivity index (χ0v) is 22.4. The van der Waals surface area contributed by atoms with Gasteiger partial charge in [0.05, 0.1) is 6.54 Å². The van der Waals surface area contributed by atoms with Gasteiger partial charge in [0, 0.05) is 50.7 Å². The highest BCUT2D eigenvalue weighted by Crippen LogP contribution is 2.33. The Morgan fingerprint density at radius 3 is 2.60 bits per heavy atom. The number of ether oxygens (including phenoxy) is 3. The third-order valence-electron chi connectivity index (χ3n) is 6.78.